The molecule has 23 heavy (non-hydrogen) atoms. The van der Waals surface area contributed by atoms with E-state index in [0.29, 0.717) is 0 Å². The van der Waals surface area contributed by atoms with Gasteiger partial charge in [0.05, 0.1) is 11.6 Å². The quantitative estimate of drug-likeness (QED) is 0.892. The van der Waals surface area contributed by atoms with E-state index in [4.69, 9.17) is 5.11 Å². The maximum absolute atomic E-state index is 12.2. The van der Waals surface area contributed by atoms with Crippen LogP contribution in [0.3, 0.4) is 0 Å². The Balaban J connectivity index is 1.72. The van der Waals surface area contributed by atoms with Crippen LogP contribution in [0.15, 0.2) is 47.4 Å². The smallest absolute Gasteiger partial charge is 0.337 e. The van der Waals surface area contributed by atoms with Crippen LogP contribution in [0.2, 0.25) is 0 Å². The predicted octanol–water partition coefficient (Wildman–Crippen LogP) is 1.35. The minimum atomic E-state index is -1.14. The lowest BCUT2D eigenvalue weighted by molar-refractivity contribution is -0.122. The molecule has 0 fully saturated rings. The molecule has 1 heterocycles. The molecule has 1 aliphatic carbocycles. The van der Waals surface area contributed by atoms with Gasteiger partial charge < -0.3 is 15.0 Å². The molecule has 1 aromatic carbocycles. The number of hydrogen-bond donors (Lipinski definition) is 2. The zero-order valence-electron chi connectivity index (χ0n) is 12.4. The van der Waals surface area contributed by atoms with Gasteiger partial charge in [-0.25, -0.2) is 4.79 Å². The monoisotopic (exact) mass is 312 g/mol. The normalized spacial score (nSPS) is 15.9. The zero-order chi connectivity index (χ0) is 16.4. The van der Waals surface area contributed by atoms with Crippen LogP contribution in [-0.2, 0) is 17.8 Å². The van der Waals surface area contributed by atoms with Crippen LogP contribution in [-0.4, -0.2) is 21.6 Å². The van der Waals surface area contributed by atoms with Crippen molar-refractivity contribution < 1.29 is 14.7 Å². The SMILES string of the molecule is O=C(Cn1cc(C(=O)O)ccc1=O)N[C@H]1CCc2ccccc21. The number of benzene rings is 1. The summed E-state index contributed by atoms with van der Waals surface area (Å²) in [6.07, 6.45) is 2.93. The lowest BCUT2D eigenvalue weighted by Crippen LogP contribution is -2.34. The minimum absolute atomic E-state index is 0.0244. The van der Waals surface area contributed by atoms with Gasteiger partial charge in [0.1, 0.15) is 6.54 Å². The third-order valence-electron chi connectivity index (χ3n) is 4.01. The fourth-order valence-electron chi connectivity index (χ4n) is 2.88. The summed E-state index contributed by atoms with van der Waals surface area (Å²) < 4.78 is 1.11. The van der Waals surface area contributed by atoms with E-state index < -0.39 is 11.5 Å². The third-order valence-corrected chi connectivity index (χ3v) is 4.01. The molecule has 0 saturated carbocycles. The molecule has 0 unspecified atom stereocenters. The van der Waals surface area contributed by atoms with Crippen molar-refractivity contribution in [2.24, 2.45) is 0 Å². The fraction of sp³-hybridized carbons (Fsp3) is 0.235. The molecule has 118 valence electrons. The van der Waals surface area contributed by atoms with Crippen molar-refractivity contribution in [2.75, 3.05) is 0 Å². The molecule has 1 aliphatic rings. The number of rotatable bonds is 4. The van der Waals surface area contributed by atoms with Gasteiger partial charge in [0.2, 0.25) is 5.91 Å². The topological polar surface area (TPSA) is 88.4 Å². The Hall–Kier alpha value is -2.89. The van der Waals surface area contributed by atoms with Gasteiger partial charge in [-0.05, 0) is 30.0 Å². The van der Waals surface area contributed by atoms with Gasteiger partial charge in [0.15, 0.2) is 0 Å². The summed E-state index contributed by atoms with van der Waals surface area (Å²) in [5, 5.41) is 11.9. The van der Waals surface area contributed by atoms with Gasteiger partial charge in [-0.15, -0.1) is 0 Å². The highest BCUT2D eigenvalue weighted by Crippen LogP contribution is 2.30. The Morgan fingerprint density at radius 3 is 2.78 bits per heavy atom. The lowest BCUT2D eigenvalue weighted by atomic mass is 10.1. The van der Waals surface area contributed by atoms with Gasteiger partial charge in [0, 0.05) is 12.3 Å². The van der Waals surface area contributed by atoms with Gasteiger partial charge in [0.25, 0.3) is 5.56 Å². The summed E-state index contributed by atoms with van der Waals surface area (Å²) in [6, 6.07) is 10.3. The number of carboxylic acid groups (broad SMARTS) is 1. The largest absolute Gasteiger partial charge is 0.478 e. The molecule has 1 aromatic heterocycles. The summed E-state index contributed by atoms with van der Waals surface area (Å²) in [7, 11) is 0. The third kappa shape index (κ3) is 3.15. The summed E-state index contributed by atoms with van der Waals surface area (Å²) in [5.74, 6) is -1.44. The van der Waals surface area contributed by atoms with Gasteiger partial charge >= 0.3 is 5.97 Å². The molecule has 3 rings (SSSR count). The average molecular weight is 312 g/mol. The second kappa shape index (κ2) is 6.08. The first kappa shape index (κ1) is 15.0. The first-order valence-corrected chi connectivity index (χ1v) is 7.35. The van der Waals surface area contributed by atoms with Crippen molar-refractivity contribution >= 4 is 11.9 Å². The molecule has 1 amide bonds. The Kier molecular flexibility index (Phi) is 3.97. The summed E-state index contributed by atoms with van der Waals surface area (Å²) >= 11 is 0. The summed E-state index contributed by atoms with van der Waals surface area (Å²) in [5.41, 5.74) is 1.90. The summed E-state index contributed by atoms with van der Waals surface area (Å²) in [6.45, 7) is -0.196. The molecule has 2 N–H and O–H groups in total. The molecule has 0 saturated heterocycles. The Morgan fingerprint density at radius 1 is 1.22 bits per heavy atom. The maximum Gasteiger partial charge on any atom is 0.337 e. The molecule has 2 aromatic rings. The molecular formula is C17H16N2O4. The van der Waals surface area contributed by atoms with Crippen LogP contribution in [0.5, 0.6) is 0 Å². The Morgan fingerprint density at radius 2 is 2.00 bits per heavy atom. The number of nitrogens with one attached hydrogen (secondary N) is 1. The van der Waals surface area contributed by atoms with Crippen molar-refractivity contribution in [2.45, 2.75) is 25.4 Å². The van der Waals surface area contributed by atoms with Gasteiger partial charge in [-0.2, -0.15) is 0 Å². The van der Waals surface area contributed by atoms with Crippen LogP contribution in [0, 0.1) is 0 Å². The van der Waals surface area contributed by atoms with E-state index in [1.54, 1.807) is 0 Å². The van der Waals surface area contributed by atoms with Crippen LogP contribution >= 0.6 is 0 Å². The molecule has 6 nitrogen and oxygen atoms in total. The number of amides is 1. The van der Waals surface area contributed by atoms with E-state index in [2.05, 4.69) is 5.32 Å². The number of hydrogen-bond acceptors (Lipinski definition) is 3. The number of carboxylic acids is 1. The van der Waals surface area contributed by atoms with E-state index in [9.17, 15) is 14.4 Å². The highest BCUT2D eigenvalue weighted by molar-refractivity contribution is 5.87. The Labute approximate surface area is 132 Å². The number of aromatic nitrogens is 1. The zero-order valence-corrected chi connectivity index (χ0v) is 12.4. The van der Waals surface area contributed by atoms with Gasteiger partial charge in [-0.3, -0.25) is 9.59 Å². The minimum Gasteiger partial charge on any atom is -0.478 e. The number of carbonyl (C=O) groups excluding carboxylic acids is 1. The van der Waals surface area contributed by atoms with Crippen molar-refractivity contribution in [1.82, 2.24) is 9.88 Å². The van der Waals surface area contributed by atoms with Gasteiger partial charge in [-0.1, -0.05) is 24.3 Å². The molecule has 0 aliphatic heterocycles. The Bertz CT molecular complexity index is 825. The number of aromatic carboxylic acids is 1. The fourth-order valence-corrected chi connectivity index (χ4v) is 2.88. The van der Waals surface area contributed by atoms with E-state index in [-0.39, 0.29) is 24.1 Å². The van der Waals surface area contributed by atoms with Crippen molar-refractivity contribution in [1.29, 1.82) is 0 Å². The molecule has 0 radical (unpaired) electrons. The van der Waals surface area contributed by atoms with Crippen LogP contribution < -0.4 is 10.9 Å². The first-order valence-electron chi connectivity index (χ1n) is 7.35. The van der Waals surface area contributed by atoms with Crippen LogP contribution in [0.1, 0.15) is 33.9 Å². The molecule has 0 spiro atoms. The standard InChI is InChI=1S/C17H16N2O4/c20-15(10-19-9-12(17(22)23)6-8-16(19)21)18-14-7-5-11-3-1-2-4-13(11)14/h1-4,6,8-9,14H,5,7,10H2,(H,18,20)(H,22,23)/t14-/m0/s1. The van der Waals surface area contributed by atoms with E-state index in [0.717, 1.165) is 29.0 Å². The van der Waals surface area contributed by atoms with E-state index in [1.165, 1.54) is 17.8 Å². The molecular weight excluding hydrogens is 296 g/mol. The first-order chi connectivity index (χ1) is 11.0. The van der Waals surface area contributed by atoms with Crippen molar-refractivity contribution in [3.05, 3.63) is 69.6 Å². The van der Waals surface area contributed by atoms with E-state index >= 15 is 0 Å². The number of pyridine rings is 1. The average Bonchev–Trinajstić information content (AvgIpc) is 2.92. The van der Waals surface area contributed by atoms with Crippen LogP contribution in [0.25, 0.3) is 0 Å². The highest BCUT2D eigenvalue weighted by atomic mass is 16.4. The molecule has 1 atom stereocenters. The van der Waals surface area contributed by atoms with Crippen LogP contribution in [0.4, 0.5) is 0 Å². The summed E-state index contributed by atoms with van der Waals surface area (Å²) in [4.78, 5) is 34.9. The second-order valence-electron chi connectivity index (χ2n) is 5.55. The number of carbonyl (C=O) groups is 2. The van der Waals surface area contributed by atoms with Crippen molar-refractivity contribution in [3.63, 3.8) is 0 Å². The number of aryl methyl sites for hydroxylation is 1. The number of fused-ring (bicyclic) bond motifs is 1. The predicted molar refractivity (Wildman–Crippen MR) is 83.3 cm³/mol. The second-order valence-corrected chi connectivity index (χ2v) is 5.55. The molecule has 0 bridgehead atoms. The number of nitrogens with zero attached hydrogens (tertiary/aromatic N) is 1. The lowest BCUT2D eigenvalue weighted by Gasteiger charge is -2.15. The maximum atomic E-state index is 12.2. The molecule has 6 heteroatoms. The van der Waals surface area contributed by atoms with E-state index in [1.807, 2.05) is 24.3 Å². The highest BCUT2D eigenvalue weighted by Gasteiger charge is 2.23. The van der Waals surface area contributed by atoms with Crippen molar-refractivity contribution in [3.8, 4) is 0 Å².